The van der Waals surface area contributed by atoms with Crippen molar-refractivity contribution >= 4 is 5.91 Å². The van der Waals surface area contributed by atoms with Crippen molar-refractivity contribution in [3.05, 3.63) is 59.5 Å². The number of benzene rings is 2. The molecule has 0 N–H and O–H groups in total. The summed E-state index contributed by atoms with van der Waals surface area (Å²) in [5, 5.41) is 4.05. The first-order valence-corrected chi connectivity index (χ1v) is 10.1. The van der Waals surface area contributed by atoms with Crippen molar-refractivity contribution in [1.82, 2.24) is 15.0 Å². The van der Waals surface area contributed by atoms with Crippen molar-refractivity contribution in [2.75, 3.05) is 33.4 Å². The van der Waals surface area contributed by atoms with Crippen LogP contribution in [0.4, 0.5) is 0 Å². The Bertz CT molecular complexity index is 1030. The highest BCUT2D eigenvalue weighted by atomic mass is 16.5. The van der Waals surface area contributed by atoms with E-state index in [1.807, 2.05) is 56.3 Å². The van der Waals surface area contributed by atoms with Crippen molar-refractivity contribution in [3.63, 3.8) is 0 Å². The Morgan fingerprint density at radius 1 is 1.16 bits per heavy atom. The average Bonchev–Trinajstić information content (AvgIpc) is 3.29. The molecule has 1 fully saturated rings. The standard InChI is InChI=1S/C23H25N3O5/c1-15-5-4-6-16(2)21(15)30-14-20(27)26-11-12-29-19(13-26)23-24-22(25-31-23)17-7-9-18(28-3)10-8-17/h4-10,19H,11-14H2,1-3H3/t19-/m0/s1. The third-order valence-electron chi connectivity index (χ3n) is 5.23. The van der Waals surface area contributed by atoms with Gasteiger partial charge in [0.1, 0.15) is 11.5 Å². The Morgan fingerprint density at radius 2 is 1.90 bits per heavy atom. The number of nitrogens with zero attached hydrogens (tertiary/aromatic N) is 3. The van der Waals surface area contributed by atoms with Crippen LogP contribution in [0, 0.1) is 13.8 Å². The van der Waals surface area contributed by atoms with Crippen molar-refractivity contribution in [3.8, 4) is 22.9 Å². The number of carbonyl (C=O) groups is 1. The van der Waals surface area contributed by atoms with Gasteiger partial charge in [0, 0.05) is 12.1 Å². The Balaban J connectivity index is 1.39. The second kappa shape index (κ2) is 9.18. The fourth-order valence-electron chi connectivity index (χ4n) is 3.50. The maximum atomic E-state index is 12.7. The number of aryl methyl sites for hydroxylation is 2. The molecule has 0 spiro atoms. The van der Waals surface area contributed by atoms with Gasteiger partial charge in [0.2, 0.25) is 5.82 Å². The molecule has 31 heavy (non-hydrogen) atoms. The number of rotatable bonds is 6. The topological polar surface area (TPSA) is 86.9 Å². The van der Waals surface area contributed by atoms with Gasteiger partial charge in [-0.1, -0.05) is 23.4 Å². The summed E-state index contributed by atoms with van der Waals surface area (Å²) >= 11 is 0. The lowest BCUT2D eigenvalue weighted by Gasteiger charge is -2.31. The summed E-state index contributed by atoms with van der Waals surface area (Å²) in [6.45, 7) is 5.12. The second-order valence-corrected chi connectivity index (χ2v) is 7.39. The van der Waals surface area contributed by atoms with E-state index in [9.17, 15) is 4.79 Å². The lowest BCUT2D eigenvalue weighted by molar-refractivity contribution is -0.142. The minimum atomic E-state index is -0.475. The van der Waals surface area contributed by atoms with E-state index in [4.69, 9.17) is 18.7 Å². The van der Waals surface area contributed by atoms with Crippen LogP contribution in [-0.4, -0.2) is 54.4 Å². The summed E-state index contributed by atoms with van der Waals surface area (Å²) in [6, 6.07) is 13.3. The van der Waals surface area contributed by atoms with Gasteiger partial charge in [-0.2, -0.15) is 4.98 Å². The molecule has 8 heteroatoms. The van der Waals surface area contributed by atoms with Crippen molar-refractivity contribution in [2.45, 2.75) is 20.0 Å². The molecule has 1 atom stereocenters. The molecule has 1 aliphatic heterocycles. The molecule has 1 aromatic heterocycles. The molecule has 0 saturated carbocycles. The first-order chi connectivity index (χ1) is 15.0. The van der Waals surface area contributed by atoms with E-state index in [-0.39, 0.29) is 12.5 Å². The van der Waals surface area contributed by atoms with Gasteiger partial charge < -0.3 is 23.6 Å². The molecule has 2 aromatic carbocycles. The lowest BCUT2D eigenvalue weighted by atomic mass is 10.1. The minimum Gasteiger partial charge on any atom is -0.497 e. The minimum absolute atomic E-state index is 0.0284. The van der Waals surface area contributed by atoms with E-state index < -0.39 is 6.10 Å². The first kappa shape index (κ1) is 20.9. The molecule has 0 radical (unpaired) electrons. The van der Waals surface area contributed by atoms with E-state index in [1.165, 1.54) is 0 Å². The number of methoxy groups -OCH3 is 1. The van der Waals surface area contributed by atoms with E-state index in [0.717, 1.165) is 28.2 Å². The summed E-state index contributed by atoms with van der Waals surface area (Å²) in [5.41, 5.74) is 2.82. The Labute approximate surface area is 180 Å². The molecule has 162 valence electrons. The third-order valence-corrected chi connectivity index (χ3v) is 5.23. The maximum Gasteiger partial charge on any atom is 0.260 e. The highest BCUT2D eigenvalue weighted by Crippen LogP contribution is 2.26. The molecule has 3 aromatic rings. The van der Waals surface area contributed by atoms with Gasteiger partial charge in [0.05, 0.1) is 20.3 Å². The van der Waals surface area contributed by atoms with E-state index in [0.29, 0.717) is 31.4 Å². The van der Waals surface area contributed by atoms with E-state index >= 15 is 0 Å². The van der Waals surface area contributed by atoms with E-state index in [1.54, 1.807) is 12.0 Å². The van der Waals surface area contributed by atoms with Crippen LogP contribution >= 0.6 is 0 Å². The summed E-state index contributed by atoms with van der Waals surface area (Å²) < 4.78 is 22.2. The number of carbonyl (C=O) groups excluding carboxylic acids is 1. The molecule has 0 aliphatic carbocycles. The Morgan fingerprint density at radius 3 is 2.61 bits per heavy atom. The molecular weight excluding hydrogens is 398 g/mol. The second-order valence-electron chi connectivity index (χ2n) is 7.39. The summed E-state index contributed by atoms with van der Waals surface area (Å²) in [6.07, 6.45) is -0.475. The number of hydrogen-bond donors (Lipinski definition) is 0. The van der Waals surface area contributed by atoms with Crippen LogP contribution in [0.2, 0.25) is 0 Å². The van der Waals surface area contributed by atoms with Crippen LogP contribution in [0.15, 0.2) is 47.0 Å². The predicted molar refractivity (Wildman–Crippen MR) is 113 cm³/mol. The van der Waals surface area contributed by atoms with Crippen LogP contribution in [0.5, 0.6) is 11.5 Å². The molecule has 4 rings (SSSR count). The van der Waals surface area contributed by atoms with Gasteiger partial charge in [-0.05, 0) is 49.2 Å². The fraction of sp³-hybridized carbons (Fsp3) is 0.348. The molecular formula is C23H25N3O5. The van der Waals surface area contributed by atoms with Crippen molar-refractivity contribution in [1.29, 1.82) is 0 Å². The number of morpholine rings is 1. The number of ether oxygens (including phenoxy) is 3. The van der Waals surface area contributed by atoms with Crippen LogP contribution in [0.1, 0.15) is 23.1 Å². The SMILES string of the molecule is COc1ccc(-c2noc([C@@H]3CN(C(=O)COc4c(C)cccc4C)CCO3)n2)cc1. The highest BCUT2D eigenvalue weighted by molar-refractivity contribution is 5.78. The van der Waals surface area contributed by atoms with Gasteiger partial charge >= 0.3 is 0 Å². The number of aromatic nitrogens is 2. The normalized spacial score (nSPS) is 16.2. The van der Waals surface area contributed by atoms with Crippen molar-refractivity contribution in [2.24, 2.45) is 0 Å². The molecule has 1 saturated heterocycles. The highest BCUT2D eigenvalue weighted by Gasteiger charge is 2.30. The number of hydrogen-bond acceptors (Lipinski definition) is 7. The van der Waals surface area contributed by atoms with Crippen LogP contribution < -0.4 is 9.47 Å². The Hall–Kier alpha value is -3.39. The zero-order valence-electron chi connectivity index (χ0n) is 17.8. The van der Waals surface area contributed by atoms with Crippen LogP contribution in [-0.2, 0) is 9.53 Å². The zero-order chi connectivity index (χ0) is 21.8. The van der Waals surface area contributed by atoms with Gasteiger partial charge in [-0.25, -0.2) is 0 Å². The number of para-hydroxylation sites is 1. The first-order valence-electron chi connectivity index (χ1n) is 10.1. The molecule has 2 heterocycles. The summed E-state index contributed by atoms with van der Waals surface area (Å²) in [4.78, 5) is 18.9. The molecule has 8 nitrogen and oxygen atoms in total. The largest absolute Gasteiger partial charge is 0.497 e. The third kappa shape index (κ3) is 4.69. The molecule has 1 amide bonds. The molecule has 1 aliphatic rings. The van der Waals surface area contributed by atoms with Gasteiger partial charge in [-0.15, -0.1) is 0 Å². The molecule has 0 unspecified atom stereocenters. The predicted octanol–water partition coefficient (Wildman–Crippen LogP) is 3.34. The fourth-order valence-corrected chi connectivity index (χ4v) is 3.50. The van der Waals surface area contributed by atoms with Gasteiger partial charge in [0.25, 0.3) is 11.8 Å². The van der Waals surface area contributed by atoms with Crippen LogP contribution in [0.3, 0.4) is 0 Å². The van der Waals surface area contributed by atoms with Gasteiger partial charge in [-0.3, -0.25) is 4.79 Å². The Kier molecular flexibility index (Phi) is 6.18. The lowest BCUT2D eigenvalue weighted by Crippen LogP contribution is -2.44. The monoisotopic (exact) mass is 423 g/mol. The number of amides is 1. The maximum absolute atomic E-state index is 12.7. The summed E-state index contributed by atoms with van der Waals surface area (Å²) in [7, 11) is 1.61. The quantitative estimate of drug-likeness (QED) is 0.601. The molecule has 0 bridgehead atoms. The van der Waals surface area contributed by atoms with Crippen molar-refractivity contribution < 1.29 is 23.5 Å². The zero-order valence-corrected chi connectivity index (χ0v) is 17.8. The summed E-state index contributed by atoms with van der Waals surface area (Å²) in [5.74, 6) is 2.20. The van der Waals surface area contributed by atoms with Crippen LogP contribution in [0.25, 0.3) is 11.4 Å². The smallest absolute Gasteiger partial charge is 0.260 e. The van der Waals surface area contributed by atoms with E-state index in [2.05, 4.69) is 10.1 Å². The van der Waals surface area contributed by atoms with Gasteiger partial charge in [0.15, 0.2) is 12.7 Å². The average molecular weight is 423 g/mol.